The smallest absolute Gasteiger partial charge is 0.329 e. The molecule has 104 valence electrons. The molecule has 6 nitrogen and oxygen atoms in total. The number of carboxylic acids is 1. The fourth-order valence-electron chi connectivity index (χ4n) is 2.65. The molecule has 19 heavy (non-hydrogen) atoms. The maximum absolute atomic E-state index is 12.5. The highest BCUT2D eigenvalue weighted by molar-refractivity contribution is 7.17. The molecule has 1 aromatic heterocycles. The van der Waals surface area contributed by atoms with E-state index in [1.54, 1.807) is 13.8 Å². The molecule has 1 unspecified atom stereocenters. The molecule has 3 N–H and O–H groups in total. The van der Waals surface area contributed by atoms with E-state index >= 15 is 0 Å². The number of rotatable bonds is 3. The summed E-state index contributed by atoms with van der Waals surface area (Å²) in [5.74, 6) is -1.20. The van der Waals surface area contributed by atoms with Gasteiger partial charge in [-0.2, -0.15) is 0 Å². The van der Waals surface area contributed by atoms with Gasteiger partial charge >= 0.3 is 5.97 Å². The first-order valence-electron chi connectivity index (χ1n) is 6.20. The summed E-state index contributed by atoms with van der Waals surface area (Å²) in [7, 11) is 0. The van der Waals surface area contributed by atoms with Gasteiger partial charge in [0.15, 0.2) is 5.13 Å². The molecule has 1 fully saturated rings. The van der Waals surface area contributed by atoms with Gasteiger partial charge in [0, 0.05) is 6.54 Å². The Hall–Kier alpha value is -1.63. The van der Waals surface area contributed by atoms with E-state index in [9.17, 15) is 14.7 Å². The van der Waals surface area contributed by atoms with Gasteiger partial charge in [-0.25, -0.2) is 9.78 Å². The minimum Gasteiger partial charge on any atom is -0.479 e. The number of aromatic nitrogens is 1. The van der Waals surface area contributed by atoms with Crippen molar-refractivity contribution in [1.82, 2.24) is 9.88 Å². The standard InChI is InChI=1S/C12H17N3O3S/c1-3-12(10(17)18)5-4-6-15(12)9(16)8-7(2)14-11(13)19-8/h3-6H2,1-2H3,(H2,13,14)(H,17,18). The van der Waals surface area contributed by atoms with E-state index in [0.29, 0.717) is 41.5 Å². The third-order valence-corrected chi connectivity index (χ3v) is 4.70. The summed E-state index contributed by atoms with van der Waals surface area (Å²) in [5.41, 5.74) is 5.08. The van der Waals surface area contributed by atoms with E-state index < -0.39 is 11.5 Å². The average molecular weight is 283 g/mol. The molecule has 7 heteroatoms. The minimum absolute atomic E-state index is 0.270. The van der Waals surface area contributed by atoms with Crippen molar-refractivity contribution in [3.63, 3.8) is 0 Å². The van der Waals surface area contributed by atoms with E-state index in [1.807, 2.05) is 0 Å². The third kappa shape index (κ3) is 2.07. The van der Waals surface area contributed by atoms with Gasteiger partial charge in [-0.1, -0.05) is 18.3 Å². The van der Waals surface area contributed by atoms with Crippen molar-refractivity contribution in [1.29, 1.82) is 0 Å². The highest BCUT2D eigenvalue weighted by Gasteiger charge is 2.49. The Morgan fingerprint density at radius 2 is 2.26 bits per heavy atom. The van der Waals surface area contributed by atoms with E-state index in [2.05, 4.69) is 4.98 Å². The molecule has 0 bridgehead atoms. The zero-order valence-corrected chi connectivity index (χ0v) is 11.8. The summed E-state index contributed by atoms with van der Waals surface area (Å²) < 4.78 is 0. The van der Waals surface area contributed by atoms with E-state index in [0.717, 1.165) is 11.3 Å². The highest BCUT2D eigenvalue weighted by Crippen LogP contribution is 2.35. The lowest BCUT2D eigenvalue weighted by atomic mass is 9.93. The number of carbonyl (C=O) groups excluding carboxylic acids is 1. The second-order valence-electron chi connectivity index (χ2n) is 4.72. The Balaban J connectivity index is 2.38. The van der Waals surface area contributed by atoms with E-state index in [1.165, 1.54) is 4.90 Å². The number of nitrogens with two attached hydrogens (primary N) is 1. The van der Waals surface area contributed by atoms with E-state index in [-0.39, 0.29) is 5.91 Å². The number of aryl methyl sites for hydroxylation is 1. The predicted molar refractivity (Wildman–Crippen MR) is 72.2 cm³/mol. The number of carbonyl (C=O) groups is 2. The third-order valence-electron chi connectivity index (χ3n) is 3.72. The first-order valence-corrected chi connectivity index (χ1v) is 7.02. The maximum Gasteiger partial charge on any atom is 0.329 e. The molecule has 0 aromatic carbocycles. The molecule has 2 rings (SSSR count). The van der Waals surface area contributed by atoms with Crippen LogP contribution in [0.1, 0.15) is 41.6 Å². The molecule has 1 aliphatic rings. The number of amides is 1. The van der Waals surface area contributed by atoms with Crippen LogP contribution in [0.3, 0.4) is 0 Å². The number of likely N-dealkylation sites (tertiary alicyclic amines) is 1. The summed E-state index contributed by atoms with van der Waals surface area (Å²) in [4.78, 5) is 30.0. The van der Waals surface area contributed by atoms with Crippen molar-refractivity contribution < 1.29 is 14.7 Å². The van der Waals surface area contributed by atoms with Crippen molar-refractivity contribution in [2.45, 2.75) is 38.6 Å². The summed E-state index contributed by atoms with van der Waals surface area (Å²) in [5, 5.41) is 9.80. The largest absolute Gasteiger partial charge is 0.479 e. The van der Waals surface area contributed by atoms with Crippen LogP contribution in [0.2, 0.25) is 0 Å². The number of hydrogen-bond donors (Lipinski definition) is 2. The highest BCUT2D eigenvalue weighted by atomic mass is 32.1. The van der Waals surface area contributed by atoms with Crippen LogP contribution in [0.25, 0.3) is 0 Å². The van der Waals surface area contributed by atoms with Crippen molar-refractivity contribution in [3.05, 3.63) is 10.6 Å². The fraction of sp³-hybridized carbons (Fsp3) is 0.583. The molecule has 1 amide bonds. The number of carboxylic acid groups (broad SMARTS) is 1. The molecular formula is C12H17N3O3S. The van der Waals surface area contributed by atoms with Crippen LogP contribution in [0, 0.1) is 6.92 Å². The number of aliphatic carboxylic acids is 1. The van der Waals surface area contributed by atoms with E-state index in [4.69, 9.17) is 5.73 Å². The Morgan fingerprint density at radius 1 is 1.58 bits per heavy atom. The van der Waals surface area contributed by atoms with Gasteiger partial charge in [0.2, 0.25) is 0 Å². The molecular weight excluding hydrogens is 266 g/mol. The molecule has 1 aliphatic heterocycles. The zero-order valence-electron chi connectivity index (χ0n) is 11.0. The maximum atomic E-state index is 12.5. The van der Waals surface area contributed by atoms with Gasteiger partial charge in [0.25, 0.3) is 5.91 Å². The lowest BCUT2D eigenvalue weighted by molar-refractivity contribution is -0.148. The Kier molecular flexibility index (Phi) is 3.49. The van der Waals surface area contributed by atoms with Crippen molar-refractivity contribution in [2.24, 2.45) is 0 Å². The molecule has 0 saturated carbocycles. The van der Waals surface area contributed by atoms with Crippen molar-refractivity contribution in [2.75, 3.05) is 12.3 Å². The van der Waals surface area contributed by atoms with Gasteiger partial charge in [0.05, 0.1) is 5.69 Å². The van der Waals surface area contributed by atoms with Crippen LogP contribution >= 0.6 is 11.3 Å². The van der Waals surface area contributed by atoms with Crippen LogP contribution < -0.4 is 5.73 Å². The molecule has 0 spiro atoms. The van der Waals surface area contributed by atoms with Crippen molar-refractivity contribution in [3.8, 4) is 0 Å². The molecule has 0 aliphatic carbocycles. The second kappa shape index (κ2) is 4.80. The Morgan fingerprint density at radius 3 is 2.74 bits per heavy atom. The lowest BCUT2D eigenvalue weighted by Crippen LogP contribution is -2.52. The fourth-order valence-corrected chi connectivity index (χ4v) is 3.44. The first-order chi connectivity index (χ1) is 8.92. The zero-order chi connectivity index (χ0) is 14.2. The lowest BCUT2D eigenvalue weighted by Gasteiger charge is -2.33. The number of nitrogens with zero attached hydrogens (tertiary/aromatic N) is 2. The first kappa shape index (κ1) is 13.8. The van der Waals surface area contributed by atoms with Crippen molar-refractivity contribution >= 4 is 28.3 Å². The Bertz CT molecular complexity index is 528. The molecule has 1 atom stereocenters. The molecule has 0 radical (unpaired) electrons. The summed E-state index contributed by atoms with van der Waals surface area (Å²) in [6.45, 7) is 3.98. The average Bonchev–Trinajstić information content (AvgIpc) is 2.92. The van der Waals surface area contributed by atoms with Gasteiger partial charge in [-0.15, -0.1) is 0 Å². The number of thiazole rings is 1. The number of anilines is 1. The number of hydrogen-bond acceptors (Lipinski definition) is 5. The quantitative estimate of drug-likeness (QED) is 0.876. The Labute approximate surface area is 115 Å². The summed E-state index contributed by atoms with van der Waals surface area (Å²) >= 11 is 1.11. The monoisotopic (exact) mass is 283 g/mol. The normalized spacial score (nSPS) is 22.7. The van der Waals surface area contributed by atoms with Gasteiger partial charge < -0.3 is 15.7 Å². The van der Waals surface area contributed by atoms with Crippen LogP contribution in [-0.4, -0.2) is 39.0 Å². The molecule has 2 heterocycles. The van der Waals surface area contributed by atoms with Gasteiger partial charge in [0.1, 0.15) is 10.4 Å². The van der Waals surface area contributed by atoms with Crippen LogP contribution in [0.4, 0.5) is 5.13 Å². The van der Waals surface area contributed by atoms with Crippen LogP contribution in [0.15, 0.2) is 0 Å². The minimum atomic E-state index is -1.08. The van der Waals surface area contributed by atoms with Gasteiger partial charge in [-0.05, 0) is 26.2 Å². The summed E-state index contributed by atoms with van der Waals surface area (Å²) in [6, 6.07) is 0. The molecule has 1 saturated heterocycles. The van der Waals surface area contributed by atoms with Crippen LogP contribution in [0.5, 0.6) is 0 Å². The summed E-state index contributed by atoms with van der Waals surface area (Å²) in [6.07, 6.45) is 1.61. The molecule has 1 aromatic rings. The second-order valence-corrected chi connectivity index (χ2v) is 5.75. The predicted octanol–water partition coefficient (Wildman–Crippen LogP) is 1.50. The van der Waals surface area contributed by atoms with Crippen LogP contribution in [-0.2, 0) is 4.79 Å². The van der Waals surface area contributed by atoms with Gasteiger partial charge in [-0.3, -0.25) is 4.79 Å². The topological polar surface area (TPSA) is 96.5 Å². The SMILES string of the molecule is CCC1(C(=O)O)CCCN1C(=O)c1sc(N)nc1C. The number of nitrogen functional groups attached to an aromatic ring is 1.